The van der Waals surface area contributed by atoms with Crippen molar-refractivity contribution >= 4 is 29.5 Å². The number of carbonyl (C=O) groups is 1. The number of nitrogens with zero attached hydrogens (tertiary/aromatic N) is 2. The first-order valence-electron chi connectivity index (χ1n) is 5.48. The third-order valence-electron chi connectivity index (χ3n) is 1.90. The van der Waals surface area contributed by atoms with E-state index in [4.69, 9.17) is 5.73 Å². The fraction of sp³-hybridized carbons (Fsp3) is 0.500. The maximum absolute atomic E-state index is 10.4. The van der Waals surface area contributed by atoms with Crippen LogP contribution in [0.1, 0.15) is 6.92 Å². The normalized spacial score (nSPS) is 9.89. The van der Waals surface area contributed by atoms with Crippen LogP contribution in [0.2, 0.25) is 0 Å². The molecular weight excluding hydrogens is 254 g/mol. The summed E-state index contributed by atoms with van der Waals surface area (Å²) in [5.41, 5.74) is 4.85. The summed E-state index contributed by atoms with van der Waals surface area (Å²) < 4.78 is 4.61. The number of ether oxygens (including phenoxy) is 1. The van der Waals surface area contributed by atoms with E-state index in [1.807, 2.05) is 13.2 Å². The Labute approximate surface area is 110 Å². The maximum atomic E-state index is 10.4. The minimum atomic E-state index is -0.780. The van der Waals surface area contributed by atoms with Gasteiger partial charge in [-0.15, -0.1) is 0 Å². The number of hydrogen-bond acceptors (Lipinski definition) is 7. The Hall–Kier alpha value is -1.70. The van der Waals surface area contributed by atoms with Crippen LogP contribution in [0.3, 0.4) is 0 Å². The van der Waals surface area contributed by atoms with Crippen molar-refractivity contribution in [2.24, 2.45) is 5.73 Å². The number of aromatic nitrogens is 2. The lowest BCUT2D eigenvalue weighted by molar-refractivity contribution is 0.161. The van der Waals surface area contributed by atoms with Crippen LogP contribution in [0.5, 0.6) is 0 Å². The van der Waals surface area contributed by atoms with Crippen molar-refractivity contribution < 1.29 is 9.53 Å². The van der Waals surface area contributed by atoms with Crippen molar-refractivity contribution in [1.29, 1.82) is 0 Å². The average Bonchev–Trinajstić information content (AvgIpc) is 2.34. The molecule has 1 heterocycles. The molecule has 0 aliphatic heterocycles. The molecule has 0 saturated heterocycles. The van der Waals surface area contributed by atoms with Gasteiger partial charge in [-0.1, -0.05) is 11.8 Å². The summed E-state index contributed by atoms with van der Waals surface area (Å²) in [7, 11) is 0. The number of anilines is 2. The lowest BCUT2D eigenvalue weighted by Crippen LogP contribution is -2.18. The molecule has 1 aromatic rings. The van der Waals surface area contributed by atoms with Crippen LogP contribution in [-0.2, 0) is 4.74 Å². The van der Waals surface area contributed by atoms with Crippen LogP contribution in [0.4, 0.5) is 16.4 Å². The predicted octanol–water partition coefficient (Wildman–Crippen LogP) is 1.14. The summed E-state index contributed by atoms with van der Waals surface area (Å²) in [4.78, 5) is 19.0. The maximum Gasteiger partial charge on any atom is 0.404 e. The van der Waals surface area contributed by atoms with E-state index in [9.17, 15) is 4.79 Å². The van der Waals surface area contributed by atoms with Gasteiger partial charge in [0.25, 0.3) is 0 Å². The molecular formula is C10H17N5O2S. The van der Waals surface area contributed by atoms with E-state index in [-0.39, 0.29) is 6.61 Å². The zero-order chi connectivity index (χ0) is 13.4. The molecule has 0 aliphatic carbocycles. The monoisotopic (exact) mass is 271 g/mol. The molecule has 100 valence electrons. The Balaban J connectivity index is 2.57. The quantitative estimate of drug-likeness (QED) is 0.388. The van der Waals surface area contributed by atoms with E-state index in [0.717, 1.165) is 12.4 Å². The number of amides is 1. The Kier molecular flexibility index (Phi) is 6.06. The van der Waals surface area contributed by atoms with Crippen LogP contribution in [0.15, 0.2) is 11.2 Å². The summed E-state index contributed by atoms with van der Waals surface area (Å²) in [6.07, 6.45) is 1.13. The molecule has 0 bridgehead atoms. The molecule has 18 heavy (non-hydrogen) atoms. The Bertz CT molecular complexity index is 402. The third-order valence-corrected chi connectivity index (χ3v) is 2.45. The topological polar surface area (TPSA) is 102 Å². The molecule has 0 saturated carbocycles. The second kappa shape index (κ2) is 7.59. The number of rotatable bonds is 7. The zero-order valence-electron chi connectivity index (χ0n) is 10.4. The Morgan fingerprint density at radius 2 is 2.11 bits per heavy atom. The van der Waals surface area contributed by atoms with Gasteiger partial charge in [0.1, 0.15) is 18.2 Å². The highest BCUT2D eigenvalue weighted by Crippen LogP contribution is 2.16. The van der Waals surface area contributed by atoms with E-state index < -0.39 is 6.09 Å². The smallest absolute Gasteiger partial charge is 0.404 e. The minimum absolute atomic E-state index is 0.199. The number of carbonyl (C=O) groups excluding carboxylic acids is 1. The van der Waals surface area contributed by atoms with E-state index in [0.29, 0.717) is 17.5 Å². The van der Waals surface area contributed by atoms with Crippen LogP contribution in [-0.4, -0.2) is 42.0 Å². The minimum Gasteiger partial charge on any atom is -0.448 e. The van der Waals surface area contributed by atoms with Gasteiger partial charge in [0, 0.05) is 12.6 Å². The molecule has 0 atom stereocenters. The van der Waals surface area contributed by atoms with Crippen molar-refractivity contribution in [1.82, 2.24) is 9.97 Å². The van der Waals surface area contributed by atoms with Crippen molar-refractivity contribution in [3.05, 3.63) is 6.07 Å². The highest BCUT2D eigenvalue weighted by Gasteiger charge is 2.03. The molecule has 1 rings (SSSR count). The van der Waals surface area contributed by atoms with E-state index in [2.05, 4.69) is 25.3 Å². The first-order chi connectivity index (χ1) is 8.65. The van der Waals surface area contributed by atoms with Gasteiger partial charge < -0.3 is 21.1 Å². The predicted molar refractivity (Wildman–Crippen MR) is 72.0 cm³/mol. The van der Waals surface area contributed by atoms with Crippen LogP contribution in [0.25, 0.3) is 0 Å². The summed E-state index contributed by atoms with van der Waals surface area (Å²) in [6, 6.07) is 1.80. The molecule has 0 radical (unpaired) electrons. The van der Waals surface area contributed by atoms with Crippen LogP contribution in [0, 0.1) is 0 Å². The zero-order valence-corrected chi connectivity index (χ0v) is 11.2. The largest absolute Gasteiger partial charge is 0.448 e. The van der Waals surface area contributed by atoms with Crippen molar-refractivity contribution in [2.45, 2.75) is 12.1 Å². The van der Waals surface area contributed by atoms with Gasteiger partial charge in [-0.05, 0) is 13.2 Å². The molecule has 0 unspecified atom stereocenters. The summed E-state index contributed by atoms with van der Waals surface area (Å²) in [6.45, 7) is 3.42. The van der Waals surface area contributed by atoms with E-state index >= 15 is 0 Å². The molecule has 1 amide bonds. The Morgan fingerprint density at radius 3 is 2.67 bits per heavy atom. The molecule has 0 aliphatic rings. The molecule has 1 aromatic heterocycles. The fourth-order valence-corrected chi connectivity index (χ4v) is 1.59. The van der Waals surface area contributed by atoms with Gasteiger partial charge in [-0.2, -0.15) is 0 Å². The number of thioether (sulfide) groups is 1. The Morgan fingerprint density at radius 1 is 1.44 bits per heavy atom. The van der Waals surface area contributed by atoms with Gasteiger partial charge in [-0.3, -0.25) is 0 Å². The van der Waals surface area contributed by atoms with Crippen molar-refractivity contribution in [2.75, 3.05) is 36.6 Å². The van der Waals surface area contributed by atoms with Gasteiger partial charge in [0.2, 0.25) is 0 Å². The van der Waals surface area contributed by atoms with Crippen LogP contribution < -0.4 is 16.4 Å². The average molecular weight is 271 g/mol. The fourth-order valence-electron chi connectivity index (χ4n) is 1.21. The molecule has 4 N–H and O–H groups in total. The standard InChI is InChI=1S/C10H17N5O2S/c1-3-12-7-6-8(15-10(14-7)18-2)13-4-5-17-9(11)16/h6H,3-5H2,1-2H3,(H2,11,16)(H2,12,13,14,15). The highest BCUT2D eigenvalue weighted by molar-refractivity contribution is 7.98. The van der Waals surface area contributed by atoms with Gasteiger partial charge >= 0.3 is 6.09 Å². The lowest BCUT2D eigenvalue weighted by Gasteiger charge is -2.09. The number of primary amides is 1. The van der Waals surface area contributed by atoms with E-state index in [1.165, 1.54) is 11.8 Å². The number of nitrogens with two attached hydrogens (primary N) is 1. The highest BCUT2D eigenvalue weighted by atomic mass is 32.2. The summed E-state index contributed by atoms with van der Waals surface area (Å²) >= 11 is 1.46. The first kappa shape index (κ1) is 14.4. The van der Waals surface area contributed by atoms with E-state index in [1.54, 1.807) is 6.07 Å². The van der Waals surface area contributed by atoms with Gasteiger partial charge in [0.05, 0.1) is 6.54 Å². The summed E-state index contributed by atoms with van der Waals surface area (Å²) in [5.74, 6) is 1.44. The lowest BCUT2D eigenvalue weighted by atomic mass is 10.5. The van der Waals surface area contributed by atoms with Crippen LogP contribution >= 0.6 is 11.8 Å². The van der Waals surface area contributed by atoms with Crippen molar-refractivity contribution in [3.8, 4) is 0 Å². The summed E-state index contributed by atoms with van der Waals surface area (Å²) in [5, 5.41) is 6.83. The molecule has 0 spiro atoms. The van der Waals surface area contributed by atoms with Crippen molar-refractivity contribution in [3.63, 3.8) is 0 Å². The SMILES string of the molecule is CCNc1cc(NCCOC(N)=O)nc(SC)n1. The third kappa shape index (κ3) is 5.09. The number of hydrogen-bond donors (Lipinski definition) is 3. The second-order valence-corrected chi connectivity index (χ2v) is 4.02. The first-order valence-corrected chi connectivity index (χ1v) is 6.71. The number of nitrogens with one attached hydrogen (secondary N) is 2. The van der Waals surface area contributed by atoms with Gasteiger partial charge in [-0.25, -0.2) is 14.8 Å². The van der Waals surface area contributed by atoms with Gasteiger partial charge in [0.15, 0.2) is 5.16 Å². The second-order valence-electron chi connectivity index (χ2n) is 3.25. The molecule has 0 aromatic carbocycles. The molecule has 0 fully saturated rings. The molecule has 8 heteroatoms. The molecule has 7 nitrogen and oxygen atoms in total.